The number of hydrogen-bond donors (Lipinski definition) is 0. The Morgan fingerprint density at radius 3 is 2.06 bits per heavy atom. The molecule has 0 aliphatic heterocycles. The maximum absolute atomic E-state index is 5.74. The normalized spacial score (nSPS) is 9.75. The Labute approximate surface area is 108 Å². The Morgan fingerprint density at radius 2 is 1.44 bits per heavy atom. The van der Waals surface area contributed by atoms with Crippen LogP contribution >= 0.6 is 0 Å². The molecule has 0 amide bonds. The summed E-state index contributed by atoms with van der Waals surface area (Å²) in [6.07, 6.45) is 0. The number of ether oxygens (including phenoxy) is 1. The SMILES string of the molecule is [Te]=C(OCc1ccccc1)c1ccccc1. The van der Waals surface area contributed by atoms with Crippen LogP contribution in [0.4, 0.5) is 0 Å². The average Bonchev–Trinajstić information content (AvgIpc) is 2.38. The second kappa shape index (κ2) is 5.84. The van der Waals surface area contributed by atoms with E-state index in [-0.39, 0.29) is 0 Å². The molecule has 2 aromatic rings. The molecule has 0 aromatic heterocycles. The Morgan fingerprint density at radius 1 is 0.875 bits per heavy atom. The van der Waals surface area contributed by atoms with Gasteiger partial charge in [0.25, 0.3) is 0 Å². The van der Waals surface area contributed by atoms with Crippen LogP contribution in [0.15, 0.2) is 60.7 Å². The number of benzene rings is 2. The van der Waals surface area contributed by atoms with Crippen molar-refractivity contribution in [3.05, 3.63) is 71.8 Å². The molecule has 0 heterocycles. The van der Waals surface area contributed by atoms with Crippen molar-refractivity contribution in [3.8, 4) is 0 Å². The van der Waals surface area contributed by atoms with Gasteiger partial charge >= 0.3 is 109 Å². The quantitative estimate of drug-likeness (QED) is 0.786. The van der Waals surface area contributed by atoms with Crippen LogP contribution in [0.2, 0.25) is 0 Å². The minimum atomic E-state index is 0.629. The van der Waals surface area contributed by atoms with Gasteiger partial charge in [-0.3, -0.25) is 0 Å². The zero-order chi connectivity index (χ0) is 11.2. The molecule has 2 aromatic carbocycles. The van der Waals surface area contributed by atoms with E-state index in [1.54, 1.807) is 0 Å². The van der Waals surface area contributed by atoms with Crippen molar-refractivity contribution in [2.45, 2.75) is 6.61 Å². The Hall–Kier alpha value is -1.10. The van der Waals surface area contributed by atoms with E-state index >= 15 is 0 Å². The molecule has 0 atom stereocenters. The summed E-state index contributed by atoms with van der Waals surface area (Å²) >= 11 is 1.92. The minimum absolute atomic E-state index is 0.629. The predicted octanol–water partition coefficient (Wildman–Crippen LogP) is 2.55. The van der Waals surface area contributed by atoms with Gasteiger partial charge in [-0.25, -0.2) is 0 Å². The van der Waals surface area contributed by atoms with Gasteiger partial charge in [0, 0.05) is 0 Å². The van der Waals surface area contributed by atoms with E-state index in [4.69, 9.17) is 4.74 Å². The molecule has 0 saturated carbocycles. The average molecular weight is 324 g/mol. The molecule has 0 spiro atoms. The molecule has 16 heavy (non-hydrogen) atoms. The molecule has 0 unspecified atom stereocenters. The summed E-state index contributed by atoms with van der Waals surface area (Å²) in [7, 11) is 0. The first kappa shape index (κ1) is 11.4. The molecular formula is C14H12OTe. The summed E-state index contributed by atoms with van der Waals surface area (Å²) in [6.45, 7) is 0.629. The van der Waals surface area contributed by atoms with Crippen LogP contribution in [0.25, 0.3) is 0 Å². The van der Waals surface area contributed by atoms with Crippen molar-refractivity contribution >= 4 is 25.6 Å². The molecule has 80 valence electrons. The Balaban J connectivity index is 1.95. The third-order valence-electron chi connectivity index (χ3n) is 2.22. The molecule has 0 fully saturated rings. The van der Waals surface area contributed by atoms with Gasteiger partial charge in [-0.2, -0.15) is 0 Å². The summed E-state index contributed by atoms with van der Waals surface area (Å²) in [5.41, 5.74) is 2.34. The maximum atomic E-state index is 5.74. The van der Waals surface area contributed by atoms with Crippen molar-refractivity contribution in [1.82, 2.24) is 0 Å². The molecule has 2 heteroatoms. The van der Waals surface area contributed by atoms with Crippen LogP contribution in [0, 0.1) is 0 Å². The summed E-state index contributed by atoms with van der Waals surface area (Å²) in [6, 6.07) is 20.4. The molecule has 0 aliphatic rings. The van der Waals surface area contributed by atoms with Gasteiger partial charge in [-0.15, -0.1) is 0 Å². The van der Waals surface area contributed by atoms with Gasteiger partial charge in [0.05, 0.1) is 0 Å². The topological polar surface area (TPSA) is 9.23 Å². The zero-order valence-corrected chi connectivity index (χ0v) is 11.1. The first-order chi connectivity index (χ1) is 7.86. The molecular weight excluding hydrogens is 312 g/mol. The molecule has 0 radical (unpaired) electrons. The van der Waals surface area contributed by atoms with Crippen LogP contribution in [0.1, 0.15) is 11.1 Å². The fourth-order valence-electron chi connectivity index (χ4n) is 1.38. The van der Waals surface area contributed by atoms with Crippen LogP contribution in [0.3, 0.4) is 0 Å². The first-order valence-corrected chi connectivity index (χ1v) is 6.29. The van der Waals surface area contributed by atoms with Crippen molar-refractivity contribution in [2.75, 3.05) is 0 Å². The van der Waals surface area contributed by atoms with Crippen LogP contribution in [0.5, 0.6) is 0 Å². The fraction of sp³-hybridized carbons (Fsp3) is 0.0714. The summed E-state index contributed by atoms with van der Waals surface area (Å²) in [4.78, 5) is 0. The van der Waals surface area contributed by atoms with E-state index < -0.39 is 0 Å². The van der Waals surface area contributed by atoms with Gasteiger partial charge in [0.2, 0.25) is 0 Å². The second-order valence-electron chi connectivity index (χ2n) is 3.43. The third-order valence-corrected chi connectivity index (χ3v) is 3.23. The molecule has 1 nitrogen and oxygen atoms in total. The molecule has 0 aliphatic carbocycles. The van der Waals surface area contributed by atoms with E-state index in [0.29, 0.717) is 6.61 Å². The van der Waals surface area contributed by atoms with Crippen molar-refractivity contribution in [2.24, 2.45) is 0 Å². The van der Waals surface area contributed by atoms with E-state index in [1.807, 2.05) is 58.2 Å². The summed E-state index contributed by atoms with van der Waals surface area (Å²) in [5.74, 6) is 0. The standard InChI is InChI=1S/C14H12OTe/c16-14(13-9-5-2-6-10-13)15-11-12-7-3-1-4-8-12/h1-10H,11H2. The fourth-order valence-corrected chi connectivity index (χ4v) is 1.94. The number of hydrogen-bond acceptors (Lipinski definition) is 1. The van der Waals surface area contributed by atoms with Crippen LogP contribution in [-0.2, 0) is 11.3 Å². The van der Waals surface area contributed by atoms with Crippen LogP contribution in [-0.4, -0.2) is 25.6 Å². The van der Waals surface area contributed by atoms with E-state index in [9.17, 15) is 0 Å². The zero-order valence-electron chi connectivity index (χ0n) is 8.80. The van der Waals surface area contributed by atoms with Gasteiger partial charge in [0.1, 0.15) is 0 Å². The number of rotatable bonds is 4. The third kappa shape index (κ3) is 3.20. The van der Waals surface area contributed by atoms with Crippen molar-refractivity contribution in [1.29, 1.82) is 0 Å². The van der Waals surface area contributed by atoms with Gasteiger partial charge in [-0.1, -0.05) is 0 Å². The molecule has 0 N–H and O–H groups in total. The van der Waals surface area contributed by atoms with E-state index in [1.165, 1.54) is 5.56 Å². The van der Waals surface area contributed by atoms with Gasteiger partial charge < -0.3 is 0 Å². The van der Waals surface area contributed by atoms with Crippen LogP contribution < -0.4 is 0 Å². The molecule has 0 bridgehead atoms. The van der Waals surface area contributed by atoms with Crippen molar-refractivity contribution < 1.29 is 4.74 Å². The monoisotopic (exact) mass is 326 g/mol. The predicted molar refractivity (Wildman–Crippen MR) is 67.5 cm³/mol. The Kier molecular flexibility index (Phi) is 4.16. The van der Waals surface area contributed by atoms with E-state index in [0.717, 1.165) is 9.30 Å². The summed E-state index contributed by atoms with van der Waals surface area (Å²) in [5, 5.41) is 0. The first-order valence-electron chi connectivity index (χ1n) is 5.12. The second-order valence-corrected chi connectivity index (χ2v) is 4.49. The van der Waals surface area contributed by atoms with Crippen molar-refractivity contribution in [3.63, 3.8) is 0 Å². The van der Waals surface area contributed by atoms with Gasteiger partial charge in [-0.05, 0) is 0 Å². The molecule has 0 saturated heterocycles. The van der Waals surface area contributed by atoms with Gasteiger partial charge in [0.15, 0.2) is 0 Å². The molecule has 2 rings (SSSR count). The summed E-state index contributed by atoms with van der Waals surface area (Å²) < 4.78 is 6.71. The Bertz CT molecular complexity index is 451. The van der Waals surface area contributed by atoms with E-state index in [2.05, 4.69) is 24.3 Å².